The van der Waals surface area contributed by atoms with Gasteiger partial charge in [-0.25, -0.2) is 0 Å². The standard InChI is InChI=1S/C11H18O2/c1-3-4-5-6-7-8-9-10-11(12)13-2/h7,9H,3-6,10H2,1-2H3. The molecular formula is C11H18O2. The predicted molar refractivity (Wildman–Crippen MR) is 53.4 cm³/mol. The highest BCUT2D eigenvalue weighted by molar-refractivity contribution is 5.70. The van der Waals surface area contributed by atoms with Crippen LogP contribution in [-0.4, -0.2) is 13.1 Å². The molecule has 0 heterocycles. The number of hydrogen-bond donors (Lipinski definition) is 0. The molecule has 0 fully saturated rings. The van der Waals surface area contributed by atoms with Crippen molar-refractivity contribution in [1.29, 1.82) is 0 Å². The van der Waals surface area contributed by atoms with Crippen molar-refractivity contribution < 1.29 is 9.53 Å². The SMILES string of the molecule is CCCCCC=C=CCC(=O)OC. The van der Waals surface area contributed by atoms with Gasteiger partial charge in [0.1, 0.15) is 0 Å². The lowest BCUT2D eigenvalue weighted by Gasteiger charge is -1.90. The van der Waals surface area contributed by atoms with Crippen molar-refractivity contribution in [3.05, 3.63) is 17.9 Å². The van der Waals surface area contributed by atoms with E-state index in [2.05, 4.69) is 17.4 Å². The fourth-order valence-corrected chi connectivity index (χ4v) is 0.889. The van der Waals surface area contributed by atoms with Gasteiger partial charge in [-0.15, -0.1) is 5.73 Å². The minimum absolute atomic E-state index is 0.213. The number of ether oxygens (including phenoxy) is 1. The van der Waals surface area contributed by atoms with Crippen LogP contribution in [0.5, 0.6) is 0 Å². The molecule has 0 aliphatic carbocycles. The van der Waals surface area contributed by atoms with Gasteiger partial charge in [0.25, 0.3) is 0 Å². The van der Waals surface area contributed by atoms with Gasteiger partial charge in [0.2, 0.25) is 0 Å². The topological polar surface area (TPSA) is 26.3 Å². The van der Waals surface area contributed by atoms with Gasteiger partial charge in [0, 0.05) is 0 Å². The Morgan fingerprint density at radius 2 is 2.15 bits per heavy atom. The van der Waals surface area contributed by atoms with Gasteiger partial charge in [-0.1, -0.05) is 19.8 Å². The van der Waals surface area contributed by atoms with Crippen molar-refractivity contribution in [2.45, 2.75) is 39.0 Å². The van der Waals surface area contributed by atoms with Crippen LogP contribution in [0, 0.1) is 0 Å². The maximum Gasteiger partial charge on any atom is 0.309 e. The minimum Gasteiger partial charge on any atom is -0.469 e. The minimum atomic E-state index is -0.213. The third-order valence-electron chi connectivity index (χ3n) is 1.68. The fraction of sp³-hybridized carbons (Fsp3) is 0.636. The van der Waals surface area contributed by atoms with Crippen LogP contribution in [0.3, 0.4) is 0 Å². The molecule has 0 aromatic rings. The van der Waals surface area contributed by atoms with Gasteiger partial charge in [-0.05, 0) is 25.0 Å². The van der Waals surface area contributed by atoms with Crippen molar-refractivity contribution >= 4 is 5.97 Å². The van der Waals surface area contributed by atoms with E-state index < -0.39 is 0 Å². The Balaban J connectivity index is 3.42. The van der Waals surface area contributed by atoms with Crippen LogP contribution >= 0.6 is 0 Å². The van der Waals surface area contributed by atoms with Gasteiger partial charge in [0.15, 0.2) is 0 Å². The summed E-state index contributed by atoms with van der Waals surface area (Å²) in [6.45, 7) is 2.18. The number of hydrogen-bond acceptors (Lipinski definition) is 2. The molecule has 0 amide bonds. The lowest BCUT2D eigenvalue weighted by molar-refractivity contribution is -0.139. The number of carbonyl (C=O) groups is 1. The molecule has 2 heteroatoms. The molecule has 0 radical (unpaired) electrons. The van der Waals surface area contributed by atoms with Crippen molar-refractivity contribution in [1.82, 2.24) is 0 Å². The number of rotatable bonds is 6. The van der Waals surface area contributed by atoms with Crippen molar-refractivity contribution in [2.24, 2.45) is 0 Å². The van der Waals surface area contributed by atoms with Crippen molar-refractivity contribution in [3.63, 3.8) is 0 Å². The molecule has 0 rings (SSSR count). The van der Waals surface area contributed by atoms with Crippen LogP contribution in [0.25, 0.3) is 0 Å². The molecule has 0 aromatic carbocycles. The highest BCUT2D eigenvalue weighted by atomic mass is 16.5. The van der Waals surface area contributed by atoms with E-state index in [1.165, 1.54) is 26.4 Å². The van der Waals surface area contributed by atoms with E-state index in [1.54, 1.807) is 6.08 Å². The molecule has 13 heavy (non-hydrogen) atoms. The second kappa shape index (κ2) is 9.08. The van der Waals surface area contributed by atoms with E-state index in [0.717, 1.165) is 6.42 Å². The zero-order chi connectivity index (χ0) is 9.94. The zero-order valence-corrected chi connectivity index (χ0v) is 8.51. The van der Waals surface area contributed by atoms with Crippen LogP contribution in [0.1, 0.15) is 39.0 Å². The van der Waals surface area contributed by atoms with Gasteiger partial charge in [-0.2, -0.15) is 0 Å². The molecule has 0 saturated heterocycles. The summed E-state index contributed by atoms with van der Waals surface area (Å²) in [5, 5.41) is 0. The summed E-state index contributed by atoms with van der Waals surface area (Å²) in [5.74, 6) is -0.213. The molecule has 0 aromatic heterocycles. The van der Waals surface area contributed by atoms with E-state index in [4.69, 9.17) is 0 Å². The predicted octanol–water partition coefficient (Wildman–Crippen LogP) is 2.84. The summed E-state index contributed by atoms with van der Waals surface area (Å²) in [7, 11) is 1.39. The highest BCUT2D eigenvalue weighted by Crippen LogP contribution is 1.98. The van der Waals surface area contributed by atoms with E-state index in [9.17, 15) is 4.79 Å². The maximum absolute atomic E-state index is 10.6. The molecule has 0 spiro atoms. The number of carbonyl (C=O) groups excluding carboxylic acids is 1. The fourth-order valence-electron chi connectivity index (χ4n) is 0.889. The van der Waals surface area contributed by atoms with Crippen LogP contribution in [0.4, 0.5) is 0 Å². The summed E-state index contributed by atoms with van der Waals surface area (Å²) in [4.78, 5) is 10.6. The second-order valence-electron chi connectivity index (χ2n) is 2.85. The zero-order valence-electron chi connectivity index (χ0n) is 8.51. The first-order valence-electron chi connectivity index (χ1n) is 4.77. The van der Waals surface area contributed by atoms with Gasteiger partial charge >= 0.3 is 5.97 Å². The van der Waals surface area contributed by atoms with Gasteiger partial charge < -0.3 is 4.74 Å². The Bertz CT molecular complexity index is 188. The maximum atomic E-state index is 10.6. The molecule has 74 valence electrons. The molecule has 0 bridgehead atoms. The smallest absolute Gasteiger partial charge is 0.309 e. The lowest BCUT2D eigenvalue weighted by atomic mass is 10.2. The average molecular weight is 182 g/mol. The third-order valence-corrected chi connectivity index (χ3v) is 1.68. The summed E-state index contributed by atoms with van der Waals surface area (Å²) < 4.78 is 4.47. The Labute approximate surface area is 80.3 Å². The third kappa shape index (κ3) is 8.90. The summed E-state index contributed by atoms with van der Waals surface area (Å²) in [6, 6.07) is 0. The molecule has 0 N–H and O–H groups in total. The van der Waals surface area contributed by atoms with Crippen molar-refractivity contribution in [3.8, 4) is 0 Å². The van der Waals surface area contributed by atoms with E-state index in [1.807, 2.05) is 6.08 Å². The average Bonchev–Trinajstić information content (AvgIpc) is 2.16. The summed E-state index contributed by atoms with van der Waals surface area (Å²) >= 11 is 0. The van der Waals surface area contributed by atoms with E-state index in [-0.39, 0.29) is 5.97 Å². The van der Waals surface area contributed by atoms with Gasteiger partial charge in [0.05, 0.1) is 13.5 Å². The number of methoxy groups -OCH3 is 1. The molecule has 0 aliphatic rings. The first-order chi connectivity index (χ1) is 6.31. The second-order valence-corrected chi connectivity index (χ2v) is 2.85. The molecule has 0 saturated carbocycles. The monoisotopic (exact) mass is 182 g/mol. The Morgan fingerprint density at radius 3 is 2.77 bits per heavy atom. The number of esters is 1. The quantitative estimate of drug-likeness (QED) is 0.358. The van der Waals surface area contributed by atoms with Gasteiger partial charge in [-0.3, -0.25) is 4.79 Å². The van der Waals surface area contributed by atoms with Crippen LogP contribution in [0.2, 0.25) is 0 Å². The molecule has 0 atom stereocenters. The van der Waals surface area contributed by atoms with Crippen LogP contribution in [-0.2, 0) is 9.53 Å². The molecule has 0 unspecified atom stereocenters. The normalized spacial score (nSPS) is 8.77. The van der Waals surface area contributed by atoms with E-state index in [0.29, 0.717) is 6.42 Å². The number of unbranched alkanes of at least 4 members (excludes halogenated alkanes) is 3. The van der Waals surface area contributed by atoms with Crippen LogP contribution in [0.15, 0.2) is 17.9 Å². The van der Waals surface area contributed by atoms with Crippen molar-refractivity contribution in [2.75, 3.05) is 7.11 Å². The Hall–Kier alpha value is -1.01. The highest BCUT2D eigenvalue weighted by Gasteiger charge is 1.91. The van der Waals surface area contributed by atoms with Crippen LogP contribution < -0.4 is 0 Å². The molecule has 0 aliphatic heterocycles. The largest absolute Gasteiger partial charge is 0.469 e. The van der Waals surface area contributed by atoms with E-state index >= 15 is 0 Å². The first kappa shape index (κ1) is 12.0. The molecule has 2 nitrogen and oxygen atoms in total. The summed E-state index contributed by atoms with van der Waals surface area (Å²) in [6.07, 6.45) is 8.74. The Morgan fingerprint density at radius 1 is 1.38 bits per heavy atom. The summed E-state index contributed by atoms with van der Waals surface area (Å²) in [5.41, 5.74) is 2.96. The molecular weight excluding hydrogens is 164 g/mol. The Kier molecular flexibility index (Phi) is 8.38. The lowest BCUT2D eigenvalue weighted by Crippen LogP contribution is -1.96. The first-order valence-corrected chi connectivity index (χ1v) is 4.77.